The smallest absolute Gasteiger partial charge is 0.265 e. The molecule has 10 heteroatoms. The number of sulfonamides is 1. The van der Waals surface area contributed by atoms with E-state index in [2.05, 4.69) is 4.72 Å². The molecule has 2 aliphatic rings. The third kappa shape index (κ3) is 4.30. The largest absolute Gasteiger partial charge is 0.489 e. The SMILES string of the molecule is O=C(NO)[C@]1(NS(=O)(=O)c2ccc(OCc3ccc(Cl)cc3Cl)cc2)[C@@H]2c3ccccc3CC[C@@H]21. The number of hydroxylamine groups is 1. The molecule has 0 saturated heterocycles. The van der Waals surface area contributed by atoms with Crippen LogP contribution in [0.15, 0.2) is 71.6 Å². The third-order valence-electron chi connectivity index (χ3n) is 6.81. The van der Waals surface area contributed by atoms with E-state index in [9.17, 15) is 18.4 Å². The summed E-state index contributed by atoms with van der Waals surface area (Å²) < 4.78 is 34.9. The van der Waals surface area contributed by atoms with Crippen molar-refractivity contribution in [3.8, 4) is 5.75 Å². The second-order valence-corrected chi connectivity index (χ2v) is 11.3. The highest BCUT2D eigenvalue weighted by Gasteiger charge is 2.72. The Morgan fingerprint density at radius 1 is 1.09 bits per heavy atom. The summed E-state index contributed by atoms with van der Waals surface area (Å²) in [5.41, 5.74) is 2.98. The van der Waals surface area contributed by atoms with Crippen LogP contribution in [0.1, 0.15) is 29.0 Å². The van der Waals surface area contributed by atoms with Crippen LogP contribution in [-0.4, -0.2) is 25.1 Å². The van der Waals surface area contributed by atoms with Gasteiger partial charge in [-0.2, -0.15) is 4.72 Å². The molecule has 1 amide bonds. The van der Waals surface area contributed by atoms with Gasteiger partial charge in [-0.1, -0.05) is 53.5 Å². The molecule has 3 aromatic rings. The normalized spacial score (nSPS) is 22.6. The molecule has 0 radical (unpaired) electrons. The first-order valence-corrected chi connectivity index (χ1v) is 13.2. The topological polar surface area (TPSA) is 105 Å². The first kappa shape index (κ1) is 24.1. The van der Waals surface area contributed by atoms with Gasteiger partial charge in [0.25, 0.3) is 5.91 Å². The van der Waals surface area contributed by atoms with Crippen molar-refractivity contribution in [2.45, 2.75) is 35.8 Å². The molecule has 3 N–H and O–H groups in total. The number of nitrogens with one attached hydrogen (secondary N) is 2. The summed E-state index contributed by atoms with van der Waals surface area (Å²) >= 11 is 12.1. The zero-order valence-corrected chi connectivity index (χ0v) is 20.7. The van der Waals surface area contributed by atoms with Crippen molar-refractivity contribution in [2.75, 3.05) is 0 Å². The minimum Gasteiger partial charge on any atom is -0.489 e. The Labute approximate surface area is 213 Å². The number of rotatable bonds is 7. The molecule has 35 heavy (non-hydrogen) atoms. The highest BCUT2D eigenvalue weighted by Crippen LogP contribution is 2.63. The molecule has 0 spiro atoms. The summed E-state index contributed by atoms with van der Waals surface area (Å²) in [6.45, 7) is 0.183. The van der Waals surface area contributed by atoms with Crippen LogP contribution in [0.4, 0.5) is 0 Å². The van der Waals surface area contributed by atoms with Crippen molar-refractivity contribution in [2.24, 2.45) is 5.92 Å². The van der Waals surface area contributed by atoms with E-state index in [1.807, 2.05) is 24.3 Å². The Balaban J connectivity index is 1.35. The van der Waals surface area contributed by atoms with E-state index < -0.39 is 21.5 Å². The van der Waals surface area contributed by atoms with E-state index in [0.717, 1.165) is 23.1 Å². The summed E-state index contributed by atoms with van der Waals surface area (Å²) in [5, 5.41) is 10.4. The molecular formula is C25H22Cl2N2O5S. The average molecular weight is 533 g/mol. The van der Waals surface area contributed by atoms with E-state index in [1.165, 1.54) is 24.3 Å². The van der Waals surface area contributed by atoms with Gasteiger partial charge in [-0.05, 0) is 66.3 Å². The van der Waals surface area contributed by atoms with Gasteiger partial charge in [0.1, 0.15) is 17.9 Å². The molecule has 0 unspecified atom stereocenters. The summed E-state index contributed by atoms with van der Waals surface area (Å²) in [4.78, 5) is 12.8. The monoisotopic (exact) mass is 532 g/mol. The van der Waals surface area contributed by atoms with Crippen LogP contribution in [0, 0.1) is 5.92 Å². The van der Waals surface area contributed by atoms with Gasteiger partial charge >= 0.3 is 0 Å². The Bertz CT molecular complexity index is 1400. The Morgan fingerprint density at radius 2 is 1.83 bits per heavy atom. The second kappa shape index (κ2) is 9.11. The molecule has 3 aromatic carbocycles. The molecule has 5 rings (SSSR count). The van der Waals surface area contributed by atoms with Crippen LogP contribution in [0.3, 0.4) is 0 Å². The molecule has 2 aliphatic carbocycles. The van der Waals surface area contributed by atoms with Gasteiger partial charge in [0.2, 0.25) is 10.0 Å². The molecule has 7 nitrogen and oxygen atoms in total. The van der Waals surface area contributed by atoms with E-state index in [4.69, 9.17) is 27.9 Å². The van der Waals surface area contributed by atoms with Crippen molar-refractivity contribution in [3.05, 3.63) is 93.5 Å². The highest BCUT2D eigenvalue weighted by atomic mass is 35.5. The number of aryl methyl sites for hydroxylation is 1. The first-order valence-electron chi connectivity index (χ1n) is 11.0. The van der Waals surface area contributed by atoms with E-state index >= 15 is 0 Å². The summed E-state index contributed by atoms with van der Waals surface area (Å²) in [6.07, 6.45) is 1.38. The zero-order valence-electron chi connectivity index (χ0n) is 18.4. The van der Waals surface area contributed by atoms with Crippen LogP contribution in [0.2, 0.25) is 10.0 Å². The third-order valence-corrected chi connectivity index (χ3v) is 8.89. The quantitative estimate of drug-likeness (QED) is 0.308. The predicted octanol–water partition coefficient (Wildman–Crippen LogP) is 4.45. The summed E-state index contributed by atoms with van der Waals surface area (Å²) in [5.74, 6) is -0.897. The van der Waals surface area contributed by atoms with Gasteiger partial charge < -0.3 is 4.74 Å². The average Bonchev–Trinajstić information content (AvgIpc) is 3.51. The number of carbonyl (C=O) groups is 1. The number of ether oxygens (including phenoxy) is 1. The van der Waals surface area contributed by atoms with Crippen LogP contribution < -0.4 is 14.9 Å². The lowest BCUT2D eigenvalue weighted by Crippen LogP contribution is -2.50. The minimum atomic E-state index is -4.08. The molecule has 0 aliphatic heterocycles. The Kier molecular flexibility index (Phi) is 6.27. The van der Waals surface area contributed by atoms with Gasteiger partial charge in [-0.3, -0.25) is 10.0 Å². The van der Waals surface area contributed by atoms with Gasteiger partial charge in [0.15, 0.2) is 0 Å². The number of halogens is 2. The number of benzene rings is 3. The lowest BCUT2D eigenvalue weighted by molar-refractivity contribution is -0.132. The van der Waals surface area contributed by atoms with Crippen LogP contribution in [0.25, 0.3) is 0 Å². The van der Waals surface area contributed by atoms with Crippen molar-refractivity contribution >= 4 is 39.1 Å². The van der Waals surface area contributed by atoms with E-state index in [0.29, 0.717) is 22.2 Å². The summed E-state index contributed by atoms with van der Waals surface area (Å²) in [6, 6.07) is 18.6. The minimum absolute atomic E-state index is 0.0172. The number of hydrogen-bond acceptors (Lipinski definition) is 5. The zero-order chi connectivity index (χ0) is 24.8. The van der Waals surface area contributed by atoms with Crippen molar-refractivity contribution in [1.82, 2.24) is 10.2 Å². The van der Waals surface area contributed by atoms with Gasteiger partial charge in [0, 0.05) is 21.5 Å². The van der Waals surface area contributed by atoms with Crippen molar-refractivity contribution < 1.29 is 23.2 Å². The standard InChI is InChI=1S/C25H22Cl2N2O5S/c26-17-7-5-16(22(27)13-17)14-34-18-8-10-19(11-9-18)35(32,33)29-25(24(30)28-31)21-12-6-15-3-1-2-4-20(15)23(21)25/h1-5,7-11,13,21,23,29,31H,6,12,14H2,(H,28,30)/t21-,23+,25+/m0/s1. The molecule has 182 valence electrons. The Hall–Kier alpha value is -2.62. The highest BCUT2D eigenvalue weighted by molar-refractivity contribution is 7.89. The maximum atomic E-state index is 13.3. The van der Waals surface area contributed by atoms with Gasteiger partial charge in [0.05, 0.1) is 4.90 Å². The molecule has 0 heterocycles. The molecule has 0 bridgehead atoms. The van der Waals surface area contributed by atoms with Gasteiger partial charge in [-0.15, -0.1) is 0 Å². The lowest BCUT2D eigenvalue weighted by atomic mass is 9.92. The number of carbonyl (C=O) groups excluding carboxylic acids is 1. The number of hydrogen-bond donors (Lipinski definition) is 3. The Morgan fingerprint density at radius 3 is 2.54 bits per heavy atom. The van der Waals surface area contributed by atoms with Crippen molar-refractivity contribution in [3.63, 3.8) is 0 Å². The number of fused-ring (bicyclic) bond motifs is 3. The molecular weight excluding hydrogens is 511 g/mol. The van der Waals surface area contributed by atoms with E-state index in [1.54, 1.807) is 23.7 Å². The first-order chi connectivity index (χ1) is 16.8. The fraction of sp³-hybridized carbons (Fsp3) is 0.240. The molecule has 3 atom stereocenters. The molecule has 0 aromatic heterocycles. The van der Waals surface area contributed by atoms with Crippen molar-refractivity contribution in [1.29, 1.82) is 0 Å². The fourth-order valence-electron chi connectivity index (χ4n) is 5.08. The predicted molar refractivity (Wildman–Crippen MR) is 131 cm³/mol. The second-order valence-electron chi connectivity index (χ2n) is 8.73. The summed E-state index contributed by atoms with van der Waals surface area (Å²) in [7, 11) is -4.08. The van der Waals surface area contributed by atoms with Crippen LogP contribution in [-0.2, 0) is 27.8 Å². The van der Waals surface area contributed by atoms with Gasteiger partial charge in [-0.25, -0.2) is 13.9 Å². The van der Waals surface area contributed by atoms with Crippen LogP contribution in [0.5, 0.6) is 5.75 Å². The maximum Gasteiger partial charge on any atom is 0.265 e. The molecule has 1 saturated carbocycles. The van der Waals surface area contributed by atoms with E-state index in [-0.39, 0.29) is 23.3 Å². The van der Waals surface area contributed by atoms with Crippen LogP contribution >= 0.6 is 23.2 Å². The maximum absolute atomic E-state index is 13.3. The number of amides is 1. The lowest BCUT2D eigenvalue weighted by Gasteiger charge is -2.18. The molecule has 1 fully saturated rings. The fourth-order valence-corrected chi connectivity index (χ4v) is 6.97.